The molecular formula is C20H20F4N2O2S. The van der Waals surface area contributed by atoms with E-state index in [0.717, 1.165) is 11.6 Å². The van der Waals surface area contributed by atoms with Crippen molar-refractivity contribution in [2.45, 2.75) is 44.3 Å². The smallest absolute Gasteiger partial charge is 0.361 e. The maximum Gasteiger partial charge on any atom is 0.405 e. The van der Waals surface area contributed by atoms with Gasteiger partial charge in [-0.3, -0.25) is 0 Å². The molecule has 9 heteroatoms. The Balaban J connectivity index is 1.99. The molecule has 0 aliphatic heterocycles. The number of rotatable bonds is 5. The molecule has 1 heterocycles. The maximum absolute atomic E-state index is 13.7. The van der Waals surface area contributed by atoms with Gasteiger partial charge in [0.1, 0.15) is 11.9 Å². The van der Waals surface area contributed by atoms with Crippen LogP contribution in [-0.4, -0.2) is 25.6 Å². The minimum atomic E-state index is -4.84. The van der Waals surface area contributed by atoms with Crippen LogP contribution in [0, 0.1) is 26.6 Å². The summed E-state index contributed by atoms with van der Waals surface area (Å²) in [5.74, 6) is -0.589. The normalized spacial score (nSPS) is 13.8. The molecule has 2 aromatic carbocycles. The highest BCUT2D eigenvalue weighted by atomic mass is 32.2. The zero-order valence-corrected chi connectivity index (χ0v) is 16.8. The first-order valence-electron chi connectivity index (χ1n) is 8.81. The molecule has 0 aliphatic carbocycles. The molecule has 0 amide bonds. The van der Waals surface area contributed by atoms with Crippen LogP contribution in [-0.2, 0) is 16.4 Å². The summed E-state index contributed by atoms with van der Waals surface area (Å²) in [4.78, 5) is 2.62. The van der Waals surface area contributed by atoms with Crippen molar-refractivity contribution in [3.63, 3.8) is 0 Å². The molecular weight excluding hydrogens is 408 g/mol. The van der Waals surface area contributed by atoms with Crippen LogP contribution in [0.5, 0.6) is 0 Å². The molecule has 0 saturated heterocycles. The summed E-state index contributed by atoms with van der Waals surface area (Å²) in [6.45, 7) is 4.86. The Bertz CT molecular complexity index is 1140. The summed E-state index contributed by atoms with van der Waals surface area (Å²) < 4.78 is 82.0. The lowest BCUT2D eigenvalue weighted by Crippen LogP contribution is -2.47. The van der Waals surface area contributed by atoms with Crippen molar-refractivity contribution in [1.29, 1.82) is 0 Å². The van der Waals surface area contributed by atoms with E-state index in [9.17, 15) is 26.0 Å². The Kier molecular flexibility index (Phi) is 5.48. The van der Waals surface area contributed by atoms with E-state index in [0.29, 0.717) is 16.6 Å². The van der Waals surface area contributed by atoms with Crippen LogP contribution < -0.4 is 4.72 Å². The molecule has 156 valence electrons. The first kappa shape index (κ1) is 21.3. The Hall–Kier alpha value is -2.39. The quantitative estimate of drug-likeness (QED) is 0.580. The highest BCUT2D eigenvalue weighted by molar-refractivity contribution is 7.89. The van der Waals surface area contributed by atoms with Gasteiger partial charge in [0.25, 0.3) is 0 Å². The average molecular weight is 428 g/mol. The number of aryl methyl sites for hydroxylation is 3. The van der Waals surface area contributed by atoms with Crippen LogP contribution in [0.1, 0.15) is 22.3 Å². The van der Waals surface area contributed by atoms with Gasteiger partial charge in [0.05, 0.1) is 4.90 Å². The zero-order valence-electron chi connectivity index (χ0n) is 16.0. The summed E-state index contributed by atoms with van der Waals surface area (Å²) >= 11 is 0. The van der Waals surface area contributed by atoms with E-state index in [1.165, 1.54) is 18.3 Å². The molecule has 2 N–H and O–H groups in total. The van der Waals surface area contributed by atoms with Crippen molar-refractivity contribution in [1.82, 2.24) is 9.71 Å². The third kappa shape index (κ3) is 4.45. The van der Waals surface area contributed by atoms with E-state index in [4.69, 9.17) is 0 Å². The topological polar surface area (TPSA) is 62.0 Å². The highest BCUT2D eigenvalue weighted by Gasteiger charge is 2.43. The van der Waals surface area contributed by atoms with Crippen LogP contribution in [0.4, 0.5) is 17.6 Å². The molecule has 3 rings (SSSR count). The van der Waals surface area contributed by atoms with E-state index < -0.39 is 34.5 Å². The van der Waals surface area contributed by atoms with Crippen molar-refractivity contribution in [3.05, 3.63) is 64.6 Å². The van der Waals surface area contributed by atoms with Gasteiger partial charge in [-0.05, 0) is 62.1 Å². The highest BCUT2D eigenvalue weighted by Crippen LogP contribution is 2.29. The lowest BCUT2D eigenvalue weighted by Gasteiger charge is -2.23. The fraction of sp³-hybridized carbons (Fsp3) is 0.300. The molecule has 0 bridgehead atoms. The van der Waals surface area contributed by atoms with E-state index >= 15 is 0 Å². The number of benzene rings is 2. The third-order valence-electron chi connectivity index (χ3n) is 4.72. The predicted octanol–water partition coefficient (Wildman–Crippen LogP) is 4.68. The van der Waals surface area contributed by atoms with Crippen LogP contribution in [0.3, 0.4) is 0 Å². The number of aromatic nitrogens is 1. The molecule has 4 nitrogen and oxygen atoms in total. The van der Waals surface area contributed by atoms with E-state index in [-0.39, 0.29) is 15.8 Å². The van der Waals surface area contributed by atoms with E-state index in [1.54, 1.807) is 32.9 Å². The Labute approximate surface area is 166 Å². The average Bonchev–Trinajstić information content (AvgIpc) is 2.94. The first-order valence-corrected chi connectivity index (χ1v) is 10.3. The molecule has 1 aromatic heterocycles. The summed E-state index contributed by atoms with van der Waals surface area (Å²) in [6, 6.07) is 4.57. The van der Waals surface area contributed by atoms with Crippen molar-refractivity contribution in [2.24, 2.45) is 0 Å². The lowest BCUT2D eigenvalue weighted by atomic mass is 10.1. The number of halogens is 4. The number of sulfonamides is 1. The predicted molar refractivity (Wildman–Crippen MR) is 103 cm³/mol. The molecule has 0 aliphatic rings. The molecule has 0 fully saturated rings. The molecule has 0 saturated carbocycles. The number of hydrogen-bond acceptors (Lipinski definition) is 2. The van der Waals surface area contributed by atoms with Gasteiger partial charge < -0.3 is 4.98 Å². The third-order valence-corrected chi connectivity index (χ3v) is 6.50. The molecule has 3 aromatic rings. The van der Waals surface area contributed by atoms with Gasteiger partial charge in [-0.2, -0.15) is 17.9 Å². The maximum atomic E-state index is 13.7. The van der Waals surface area contributed by atoms with Crippen molar-refractivity contribution in [3.8, 4) is 0 Å². The SMILES string of the molecule is Cc1cc(C)c(S(=O)(=O)NC(Cc2c[nH]c3ccc(F)cc23)C(F)(F)F)c(C)c1. The summed E-state index contributed by atoms with van der Waals surface area (Å²) in [7, 11) is -4.44. The minimum Gasteiger partial charge on any atom is -0.361 e. The second-order valence-corrected chi connectivity index (χ2v) is 8.80. The number of H-pyrrole nitrogens is 1. The molecule has 1 unspecified atom stereocenters. The zero-order chi connectivity index (χ0) is 21.6. The second kappa shape index (κ2) is 7.46. The monoisotopic (exact) mass is 428 g/mol. The first-order chi connectivity index (χ1) is 13.4. The summed E-state index contributed by atoms with van der Waals surface area (Å²) in [6.07, 6.45) is -4.17. The van der Waals surface area contributed by atoms with Crippen molar-refractivity contribution in [2.75, 3.05) is 0 Å². The van der Waals surface area contributed by atoms with Crippen LogP contribution in [0.2, 0.25) is 0 Å². The van der Waals surface area contributed by atoms with Gasteiger partial charge in [-0.25, -0.2) is 12.8 Å². The van der Waals surface area contributed by atoms with E-state index in [1.807, 2.05) is 4.72 Å². The van der Waals surface area contributed by atoms with Gasteiger partial charge in [-0.15, -0.1) is 0 Å². The molecule has 0 spiro atoms. The van der Waals surface area contributed by atoms with Gasteiger partial charge >= 0.3 is 6.18 Å². The van der Waals surface area contributed by atoms with Crippen LogP contribution >= 0.6 is 0 Å². The van der Waals surface area contributed by atoms with Crippen molar-refractivity contribution >= 4 is 20.9 Å². The standard InChI is InChI=1S/C20H20F4N2O2S/c1-11-6-12(2)19(13(3)7-11)29(27,28)26-18(20(22,23)24)8-14-10-25-17-5-4-15(21)9-16(14)17/h4-7,9-10,18,25-26H,8H2,1-3H3. The second-order valence-electron chi connectivity index (χ2n) is 7.15. The van der Waals surface area contributed by atoms with Crippen molar-refractivity contribution < 1.29 is 26.0 Å². The number of hydrogen-bond donors (Lipinski definition) is 2. The summed E-state index contributed by atoms with van der Waals surface area (Å²) in [5, 5.41) is 0.279. The number of fused-ring (bicyclic) bond motifs is 1. The Morgan fingerprint density at radius 3 is 2.28 bits per heavy atom. The number of aromatic amines is 1. The molecule has 29 heavy (non-hydrogen) atoms. The number of alkyl halides is 3. The summed E-state index contributed by atoms with van der Waals surface area (Å²) in [5.41, 5.74) is 2.18. The van der Waals surface area contributed by atoms with Crippen LogP contribution in [0.25, 0.3) is 10.9 Å². The fourth-order valence-electron chi connectivity index (χ4n) is 3.60. The Morgan fingerprint density at radius 2 is 1.69 bits per heavy atom. The minimum absolute atomic E-state index is 0.165. The van der Waals surface area contributed by atoms with E-state index in [2.05, 4.69) is 4.98 Å². The van der Waals surface area contributed by atoms with Gasteiger partial charge in [0.2, 0.25) is 10.0 Å². The molecule has 0 radical (unpaired) electrons. The lowest BCUT2D eigenvalue weighted by molar-refractivity contribution is -0.150. The Morgan fingerprint density at radius 1 is 1.07 bits per heavy atom. The van der Waals surface area contributed by atoms with Gasteiger partial charge in [0, 0.05) is 17.1 Å². The van der Waals surface area contributed by atoms with Gasteiger partial charge in [0.15, 0.2) is 0 Å². The van der Waals surface area contributed by atoms with Crippen LogP contribution in [0.15, 0.2) is 41.4 Å². The number of nitrogens with one attached hydrogen (secondary N) is 2. The fourth-order valence-corrected chi connectivity index (χ4v) is 5.28. The molecule has 1 atom stereocenters. The van der Waals surface area contributed by atoms with Gasteiger partial charge in [-0.1, -0.05) is 17.7 Å². The largest absolute Gasteiger partial charge is 0.405 e.